The lowest BCUT2D eigenvalue weighted by molar-refractivity contribution is -0.118. The summed E-state index contributed by atoms with van der Waals surface area (Å²) in [5.74, 6) is -1.07. The van der Waals surface area contributed by atoms with E-state index in [4.69, 9.17) is 0 Å². The average molecular weight is 264 g/mol. The largest absolute Gasteiger partial charge is 0.299 e. The first-order valence-corrected chi connectivity index (χ1v) is 6.94. The van der Waals surface area contributed by atoms with E-state index in [1.54, 1.807) is 6.07 Å². The zero-order chi connectivity index (χ0) is 14.1. The summed E-state index contributed by atoms with van der Waals surface area (Å²) in [7, 11) is 0. The first-order valence-electron chi connectivity index (χ1n) is 6.94. The van der Waals surface area contributed by atoms with Gasteiger partial charge in [-0.25, -0.2) is 4.39 Å². The quantitative estimate of drug-likeness (QED) is 0.378. The first-order chi connectivity index (χ1) is 9.15. The second kappa shape index (κ2) is 8.57. The molecular formula is C16H21FO2. The lowest BCUT2D eigenvalue weighted by atomic mass is 10.0. The number of carbonyl (C=O) groups excluding carboxylic acids is 2. The van der Waals surface area contributed by atoms with Crippen LogP contribution in [0.3, 0.4) is 0 Å². The maximum absolute atomic E-state index is 13.3. The molecule has 104 valence electrons. The Kier molecular flexibility index (Phi) is 7.01. The van der Waals surface area contributed by atoms with Crippen LogP contribution in [0.25, 0.3) is 0 Å². The Bertz CT molecular complexity index is 427. The maximum atomic E-state index is 13.3. The number of rotatable bonds is 9. The van der Waals surface area contributed by atoms with E-state index >= 15 is 0 Å². The lowest BCUT2D eigenvalue weighted by Gasteiger charge is -2.02. The number of hydrogen-bond donors (Lipinski definition) is 0. The topological polar surface area (TPSA) is 34.1 Å². The minimum absolute atomic E-state index is 0.0156. The van der Waals surface area contributed by atoms with Gasteiger partial charge < -0.3 is 0 Å². The molecule has 0 fully saturated rings. The highest BCUT2D eigenvalue weighted by atomic mass is 19.1. The highest BCUT2D eigenvalue weighted by Crippen LogP contribution is 2.12. The van der Waals surface area contributed by atoms with Crippen LogP contribution in [0, 0.1) is 5.82 Å². The molecule has 19 heavy (non-hydrogen) atoms. The molecule has 0 saturated carbocycles. The number of benzene rings is 1. The summed E-state index contributed by atoms with van der Waals surface area (Å²) in [6.45, 7) is 2.14. The molecule has 1 rings (SSSR count). The van der Waals surface area contributed by atoms with Crippen LogP contribution >= 0.6 is 0 Å². The first kappa shape index (κ1) is 15.5. The smallest absolute Gasteiger partial charge is 0.173 e. The van der Waals surface area contributed by atoms with E-state index in [-0.39, 0.29) is 17.8 Å². The molecule has 0 heterocycles. The molecule has 0 unspecified atom stereocenters. The normalized spacial score (nSPS) is 10.4. The van der Waals surface area contributed by atoms with Crippen LogP contribution in [0.5, 0.6) is 0 Å². The van der Waals surface area contributed by atoms with Gasteiger partial charge in [0.2, 0.25) is 0 Å². The molecule has 0 N–H and O–H groups in total. The van der Waals surface area contributed by atoms with Crippen molar-refractivity contribution >= 4 is 11.6 Å². The van der Waals surface area contributed by atoms with Gasteiger partial charge in [-0.3, -0.25) is 9.59 Å². The van der Waals surface area contributed by atoms with Gasteiger partial charge in [-0.15, -0.1) is 0 Å². The van der Waals surface area contributed by atoms with Crippen LogP contribution in [0.15, 0.2) is 24.3 Å². The van der Waals surface area contributed by atoms with Gasteiger partial charge >= 0.3 is 0 Å². The second-order valence-electron chi connectivity index (χ2n) is 4.78. The molecule has 0 saturated heterocycles. The third-order valence-electron chi connectivity index (χ3n) is 3.09. The van der Waals surface area contributed by atoms with Crippen molar-refractivity contribution in [1.29, 1.82) is 0 Å². The Balaban J connectivity index is 2.32. The average Bonchev–Trinajstić information content (AvgIpc) is 2.39. The molecule has 1 aromatic rings. The van der Waals surface area contributed by atoms with Crippen molar-refractivity contribution in [3.63, 3.8) is 0 Å². The zero-order valence-electron chi connectivity index (χ0n) is 11.5. The van der Waals surface area contributed by atoms with Crippen LogP contribution in [0.1, 0.15) is 62.2 Å². The van der Waals surface area contributed by atoms with Crippen LogP contribution < -0.4 is 0 Å². The van der Waals surface area contributed by atoms with E-state index in [0.717, 1.165) is 19.3 Å². The fourth-order valence-corrected chi connectivity index (χ4v) is 1.98. The van der Waals surface area contributed by atoms with Crippen molar-refractivity contribution in [2.45, 2.75) is 51.9 Å². The summed E-state index contributed by atoms with van der Waals surface area (Å²) < 4.78 is 13.3. The summed E-state index contributed by atoms with van der Waals surface area (Å²) in [4.78, 5) is 23.4. The molecule has 0 aliphatic heterocycles. The van der Waals surface area contributed by atoms with Crippen molar-refractivity contribution in [2.24, 2.45) is 0 Å². The van der Waals surface area contributed by atoms with Gasteiger partial charge in [0.25, 0.3) is 0 Å². The van der Waals surface area contributed by atoms with Gasteiger partial charge in [-0.05, 0) is 18.6 Å². The predicted molar refractivity (Wildman–Crippen MR) is 73.7 cm³/mol. The highest BCUT2D eigenvalue weighted by Gasteiger charge is 2.14. The Hall–Kier alpha value is -1.51. The number of carbonyl (C=O) groups is 2. The molecule has 2 nitrogen and oxygen atoms in total. The number of hydrogen-bond acceptors (Lipinski definition) is 2. The molecule has 1 aromatic carbocycles. The van der Waals surface area contributed by atoms with Gasteiger partial charge in [0, 0.05) is 6.42 Å². The van der Waals surface area contributed by atoms with Gasteiger partial charge in [-0.2, -0.15) is 0 Å². The second-order valence-corrected chi connectivity index (χ2v) is 4.78. The molecule has 0 atom stereocenters. The molecule has 3 heteroatoms. The van der Waals surface area contributed by atoms with Gasteiger partial charge in [0.15, 0.2) is 5.78 Å². The monoisotopic (exact) mass is 264 g/mol. The Labute approximate surface area is 114 Å². The van der Waals surface area contributed by atoms with Crippen molar-refractivity contribution in [1.82, 2.24) is 0 Å². The fraction of sp³-hybridized carbons (Fsp3) is 0.500. The van der Waals surface area contributed by atoms with Crippen molar-refractivity contribution in [3.8, 4) is 0 Å². The maximum Gasteiger partial charge on any atom is 0.173 e. The molecule has 0 amide bonds. The van der Waals surface area contributed by atoms with Crippen LogP contribution in [-0.2, 0) is 4.79 Å². The van der Waals surface area contributed by atoms with E-state index in [0.29, 0.717) is 6.42 Å². The van der Waals surface area contributed by atoms with Crippen molar-refractivity contribution < 1.29 is 14.0 Å². The molecule has 0 aromatic heterocycles. The van der Waals surface area contributed by atoms with E-state index < -0.39 is 11.6 Å². The minimum Gasteiger partial charge on any atom is -0.299 e. The lowest BCUT2D eigenvalue weighted by Crippen LogP contribution is -2.09. The summed E-state index contributed by atoms with van der Waals surface area (Å²) in [6, 6.07) is 5.79. The number of ketones is 2. The molecular weight excluding hydrogens is 243 g/mol. The molecule has 0 bridgehead atoms. The van der Waals surface area contributed by atoms with E-state index in [1.165, 1.54) is 31.0 Å². The van der Waals surface area contributed by atoms with Crippen LogP contribution in [-0.4, -0.2) is 11.6 Å². The predicted octanol–water partition coefficient (Wildman–Crippen LogP) is 4.33. The molecule has 0 radical (unpaired) electrons. The van der Waals surface area contributed by atoms with Gasteiger partial charge in [0.05, 0.1) is 12.0 Å². The summed E-state index contributed by atoms with van der Waals surface area (Å²) in [5.41, 5.74) is 0.0156. The molecule has 0 aliphatic rings. The summed E-state index contributed by atoms with van der Waals surface area (Å²) in [5, 5.41) is 0. The van der Waals surface area contributed by atoms with Crippen LogP contribution in [0.2, 0.25) is 0 Å². The summed E-state index contributed by atoms with van der Waals surface area (Å²) in [6.07, 6.45) is 5.56. The molecule has 0 spiro atoms. The number of Topliss-reactive ketones (excluding diaryl/α,β-unsaturated/α-hetero) is 2. The third-order valence-corrected chi connectivity index (χ3v) is 3.09. The minimum atomic E-state index is -0.553. The Morgan fingerprint density at radius 2 is 1.74 bits per heavy atom. The number of halogens is 1. The van der Waals surface area contributed by atoms with E-state index in [9.17, 15) is 14.0 Å². The van der Waals surface area contributed by atoms with E-state index in [2.05, 4.69) is 6.92 Å². The van der Waals surface area contributed by atoms with Crippen molar-refractivity contribution in [2.75, 3.05) is 0 Å². The van der Waals surface area contributed by atoms with Gasteiger partial charge in [-0.1, -0.05) is 44.7 Å². The van der Waals surface area contributed by atoms with E-state index in [1.807, 2.05) is 0 Å². The highest BCUT2D eigenvalue weighted by molar-refractivity contribution is 6.08. The third kappa shape index (κ3) is 5.77. The standard InChI is InChI=1S/C16H21FO2/c1-2-3-4-5-6-9-13(18)12-16(19)14-10-7-8-11-15(14)17/h7-8,10-11H,2-6,9,12H2,1H3. The summed E-state index contributed by atoms with van der Waals surface area (Å²) >= 11 is 0. The van der Waals surface area contributed by atoms with Crippen molar-refractivity contribution in [3.05, 3.63) is 35.6 Å². The van der Waals surface area contributed by atoms with Crippen LogP contribution in [0.4, 0.5) is 4.39 Å². The SMILES string of the molecule is CCCCCCCC(=O)CC(=O)c1ccccc1F. The number of unbranched alkanes of at least 4 members (excludes halogenated alkanes) is 4. The molecule has 0 aliphatic carbocycles. The fourth-order valence-electron chi connectivity index (χ4n) is 1.98. The Morgan fingerprint density at radius 1 is 1.05 bits per heavy atom. The Morgan fingerprint density at radius 3 is 2.42 bits per heavy atom. The van der Waals surface area contributed by atoms with Gasteiger partial charge in [0.1, 0.15) is 11.6 Å². The zero-order valence-corrected chi connectivity index (χ0v) is 11.5.